The number of hydrogen-bond acceptors (Lipinski definition) is 8. The van der Waals surface area contributed by atoms with Crippen LogP contribution >= 0.6 is 0 Å². The van der Waals surface area contributed by atoms with E-state index in [9.17, 15) is 14.0 Å². The number of halogens is 2. The highest BCUT2D eigenvalue weighted by Crippen LogP contribution is 2.33. The summed E-state index contributed by atoms with van der Waals surface area (Å²) in [5.41, 5.74) is 6.32. The Hall–Kier alpha value is -3.87. The van der Waals surface area contributed by atoms with Gasteiger partial charge < -0.3 is 25.8 Å². The van der Waals surface area contributed by atoms with Crippen molar-refractivity contribution < 1.29 is 18.4 Å². The fourth-order valence-electron chi connectivity index (χ4n) is 6.34. The van der Waals surface area contributed by atoms with Crippen molar-refractivity contribution in [3.8, 4) is 0 Å². The molecule has 212 valence electrons. The molecule has 40 heavy (non-hydrogen) atoms. The largest absolute Gasteiger partial charge is 0.381 e. The summed E-state index contributed by atoms with van der Waals surface area (Å²) in [6.07, 6.45) is 10.3. The van der Waals surface area contributed by atoms with Crippen molar-refractivity contribution in [3.05, 3.63) is 42.0 Å². The first-order valence-corrected chi connectivity index (χ1v) is 13.9. The third-order valence-corrected chi connectivity index (χ3v) is 8.41. The van der Waals surface area contributed by atoms with Gasteiger partial charge in [-0.1, -0.05) is 0 Å². The number of nitrogen functional groups attached to an aromatic ring is 1. The zero-order valence-corrected chi connectivity index (χ0v) is 22.2. The summed E-state index contributed by atoms with van der Waals surface area (Å²) in [6, 6.07) is 0.588. The first-order chi connectivity index (χ1) is 19.4. The molecule has 0 bridgehead atoms. The van der Waals surface area contributed by atoms with Crippen molar-refractivity contribution in [1.82, 2.24) is 29.4 Å². The number of amides is 2. The van der Waals surface area contributed by atoms with Gasteiger partial charge in [0, 0.05) is 38.1 Å². The third-order valence-electron chi connectivity index (χ3n) is 8.41. The van der Waals surface area contributed by atoms with Crippen LogP contribution in [0.2, 0.25) is 0 Å². The molecule has 3 N–H and O–H groups in total. The molecule has 0 unspecified atom stereocenters. The average Bonchev–Trinajstić information content (AvgIpc) is 3.60. The highest BCUT2D eigenvalue weighted by molar-refractivity contribution is 6.12. The minimum Gasteiger partial charge on any atom is -0.381 e. The van der Waals surface area contributed by atoms with Gasteiger partial charge in [0.1, 0.15) is 11.3 Å². The van der Waals surface area contributed by atoms with E-state index in [1.54, 1.807) is 0 Å². The van der Waals surface area contributed by atoms with Crippen LogP contribution in [0, 0.1) is 17.6 Å². The number of nitrogens with zero attached hydrogens (tertiary/aromatic N) is 7. The number of fused-ring (bicyclic) bond motifs is 1. The predicted molar refractivity (Wildman–Crippen MR) is 145 cm³/mol. The van der Waals surface area contributed by atoms with Gasteiger partial charge >= 0.3 is 0 Å². The number of anilines is 3. The van der Waals surface area contributed by atoms with Gasteiger partial charge in [-0.15, -0.1) is 5.10 Å². The van der Waals surface area contributed by atoms with Crippen LogP contribution in [0.1, 0.15) is 48.9 Å². The quantitative estimate of drug-likeness (QED) is 0.494. The summed E-state index contributed by atoms with van der Waals surface area (Å²) in [4.78, 5) is 40.7. The van der Waals surface area contributed by atoms with Crippen molar-refractivity contribution in [1.29, 1.82) is 0 Å². The normalized spacial score (nSPS) is 19.4. The molecule has 3 saturated heterocycles. The second-order valence-corrected chi connectivity index (χ2v) is 10.8. The Bertz CT molecular complexity index is 1410. The van der Waals surface area contributed by atoms with E-state index < -0.39 is 17.5 Å². The van der Waals surface area contributed by atoms with Crippen LogP contribution in [0.4, 0.5) is 26.0 Å². The monoisotopic (exact) mass is 553 g/mol. The predicted octanol–water partition coefficient (Wildman–Crippen LogP) is 2.54. The minimum absolute atomic E-state index is 0.0481. The van der Waals surface area contributed by atoms with Gasteiger partial charge in [-0.3, -0.25) is 14.6 Å². The summed E-state index contributed by atoms with van der Waals surface area (Å²) in [5, 5.41) is 6.63. The van der Waals surface area contributed by atoms with Crippen molar-refractivity contribution in [2.24, 2.45) is 5.92 Å². The Morgan fingerprint density at radius 2 is 1.68 bits per heavy atom. The lowest BCUT2D eigenvalue weighted by atomic mass is 9.93. The molecule has 11 nitrogen and oxygen atoms in total. The van der Waals surface area contributed by atoms with Gasteiger partial charge in [-0.2, -0.15) is 0 Å². The molecule has 3 aliphatic heterocycles. The lowest BCUT2D eigenvalue weighted by Crippen LogP contribution is -2.49. The molecular weight excluding hydrogens is 520 g/mol. The molecule has 0 atom stereocenters. The molecule has 3 aliphatic rings. The van der Waals surface area contributed by atoms with Crippen molar-refractivity contribution in [2.45, 2.75) is 44.6 Å². The molecule has 13 heteroatoms. The van der Waals surface area contributed by atoms with Gasteiger partial charge in [0.15, 0.2) is 23.1 Å². The number of carbonyl (C=O) groups excluding carboxylic acids is 2. The molecule has 3 fully saturated rings. The van der Waals surface area contributed by atoms with Gasteiger partial charge in [0.05, 0.1) is 30.5 Å². The number of likely N-dealkylation sites (tertiary alicyclic amines) is 2. The zero-order valence-electron chi connectivity index (χ0n) is 22.2. The maximum Gasteiger partial charge on any atom is 0.263 e. The molecule has 0 radical (unpaired) electrons. The van der Waals surface area contributed by atoms with Crippen LogP contribution in [0.3, 0.4) is 0 Å². The van der Waals surface area contributed by atoms with E-state index in [2.05, 4.69) is 25.3 Å². The standard InChI is InChI=1S/C27H33F2N9O2/c28-18-13-32-25-22(24(30)34-38(25)16-18)26(39)33-21-15-31-14-20(29)23(21)36-9-3-17(4-10-36)27(40)37-11-5-19(6-12-37)35-7-1-2-8-35/h13-17,19H,1-12H2,(H2,30,34)(H,33,39). The van der Waals surface area contributed by atoms with E-state index in [4.69, 9.17) is 5.73 Å². The summed E-state index contributed by atoms with van der Waals surface area (Å²) in [6.45, 7) is 4.87. The number of hydrogen-bond donors (Lipinski definition) is 2. The first kappa shape index (κ1) is 26.4. The number of piperidine rings is 2. The number of nitrogens with one attached hydrogen (secondary N) is 1. The molecule has 0 saturated carbocycles. The van der Waals surface area contributed by atoms with E-state index >= 15 is 4.39 Å². The second-order valence-electron chi connectivity index (χ2n) is 10.8. The van der Waals surface area contributed by atoms with Crippen LogP contribution in [-0.4, -0.2) is 86.5 Å². The number of pyridine rings is 1. The Labute approximate surface area is 230 Å². The third kappa shape index (κ3) is 5.05. The van der Waals surface area contributed by atoms with E-state index in [1.165, 1.54) is 32.1 Å². The Balaban J connectivity index is 1.11. The van der Waals surface area contributed by atoms with E-state index in [-0.39, 0.29) is 40.2 Å². The number of nitrogens with two attached hydrogens (primary N) is 1. The van der Waals surface area contributed by atoms with Gasteiger partial charge in [0.25, 0.3) is 5.91 Å². The molecule has 0 aromatic carbocycles. The molecule has 6 rings (SSSR count). The summed E-state index contributed by atoms with van der Waals surface area (Å²) in [5.74, 6) is -1.93. The zero-order chi connectivity index (χ0) is 27.8. The van der Waals surface area contributed by atoms with Crippen molar-refractivity contribution in [3.63, 3.8) is 0 Å². The van der Waals surface area contributed by atoms with Gasteiger partial charge in [-0.05, 0) is 51.6 Å². The fourth-order valence-corrected chi connectivity index (χ4v) is 6.34. The van der Waals surface area contributed by atoms with E-state index in [0.29, 0.717) is 32.0 Å². The fraction of sp³-hybridized carbons (Fsp3) is 0.519. The van der Waals surface area contributed by atoms with Crippen molar-refractivity contribution in [2.75, 3.05) is 55.2 Å². The summed E-state index contributed by atoms with van der Waals surface area (Å²) in [7, 11) is 0. The first-order valence-electron chi connectivity index (χ1n) is 13.9. The Morgan fingerprint density at radius 1 is 0.950 bits per heavy atom. The second kappa shape index (κ2) is 11.0. The number of rotatable bonds is 5. The van der Waals surface area contributed by atoms with E-state index in [1.807, 2.05) is 9.80 Å². The van der Waals surface area contributed by atoms with Crippen LogP contribution in [-0.2, 0) is 4.79 Å². The molecule has 2 amide bonds. The van der Waals surface area contributed by atoms with Gasteiger partial charge in [-0.25, -0.2) is 18.3 Å². The Morgan fingerprint density at radius 3 is 2.40 bits per heavy atom. The van der Waals surface area contributed by atoms with Gasteiger partial charge in [0.2, 0.25) is 5.91 Å². The molecule has 3 aromatic heterocycles. The van der Waals surface area contributed by atoms with Crippen LogP contribution in [0.15, 0.2) is 24.8 Å². The SMILES string of the molecule is Nc1nn2cc(F)cnc2c1C(=O)Nc1cncc(F)c1N1CCC(C(=O)N2CCC(N3CCCC3)CC2)CC1. The maximum absolute atomic E-state index is 15.1. The molecular formula is C27H33F2N9O2. The lowest BCUT2D eigenvalue weighted by molar-refractivity contribution is -0.137. The Kier molecular flexibility index (Phi) is 7.22. The smallest absolute Gasteiger partial charge is 0.263 e. The minimum atomic E-state index is -0.664. The van der Waals surface area contributed by atoms with Crippen molar-refractivity contribution >= 4 is 34.7 Å². The number of aromatic nitrogens is 4. The molecule has 0 aliphatic carbocycles. The van der Waals surface area contributed by atoms with Crippen LogP contribution < -0.4 is 16.0 Å². The topological polar surface area (TPSA) is 125 Å². The average molecular weight is 554 g/mol. The van der Waals surface area contributed by atoms with Crippen LogP contribution in [0.5, 0.6) is 0 Å². The highest BCUT2D eigenvalue weighted by atomic mass is 19.1. The maximum atomic E-state index is 15.1. The lowest BCUT2D eigenvalue weighted by Gasteiger charge is -2.40. The van der Waals surface area contributed by atoms with Crippen LogP contribution in [0.25, 0.3) is 5.65 Å². The summed E-state index contributed by atoms with van der Waals surface area (Å²) >= 11 is 0. The highest BCUT2D eigenvalue weighted by Gasteiger charge is 2.34. The van der Waals surface area contributed by atoms with E-state index in [0.717, 1.165) is 49.0 Å². The molecule has 6 heterocycles. The summed E-state index contributed by atoms with van der Waals surface area (Å²) < 4.78 is 29.7. The number of carbonyl (C=O) groups is 2. The molecule has 0 spiro atoms. The molecule has 3 aromatic rings.